The molecule has 1 aliphatic rings. The summed E-state index contributed by atoms with van der Waals surface area (Å²) >= 11 is 0. The highest BCUT2D eigenvalue weighted by Crippen LogP contribution is 2.26. The van der Waals surface area contributed by atoms with E-state index in [0.29, 0.717) is 0 Å². The summed E-state index contributed by atoms with van der Waals surface area (Å²) in [7, 11) is 0. The Balaban J connectivity index is 1.83. The zero-order valence-corrected chi connectivity index (χ0v) is 14.9. The summed E-state index contributed by atoms with van der Waals surface area (Å²) < 4.78 is 0. The summed E-state index contributed by atoms with van der Waals surface area (Å²) in [6, 6.07) is 6.47. The zero-order chi connectivity index (χ0) is 16.9. The van der Waals surface area contributed by atoms with Crippen LogP contribution in [-0.4, -0.2) is 28.3 Å². The van der Waals surface area contributed by atoms with E-state index < -0.39 is 0 Å². The van der Waals surface area contributed by atoms with Gasteiger partial charge in [0.05, 0.1) is 6.20 Å². The number of benzene rings is 1. The molecule has 0 aliphatic carbocycles. The SMILES string of the molecule is CCc1cccc(CC)c1Nc1cnnc(N2CCC(C)CC2)n1. The van der Waals surface area contributed by atoms with Gasteiger partial charge in [-0.25, -0.2) is 0 Å². The van der Waals surface area contributed by atoms with Gasteiger partial charge in [0.1, 0.15) is 0 Å². The molecular formula is C19H27N5. The monoisotopic (exact) mass is 325 g/mol. The van der Waals surface area contributed by atoms with Crippen molar-refractivity contribution in [1.82, 2.24) is 15.2 Å². The summed E-state index contributed by atoms with van der Waals surface area (Å²) in [5.74, 6) is 2.30. The molecule has 3 rings (SSSR count). The number of aryl methyl sites for hydroxylation is 2. The second kappa shape index (κ2) is 7.60. The van der Waals surface area contributed by atoms with Crippen LogP contribution in [0.3, 0.4) is 0 Å². The minimum absolute atomic E-state index is 0.735. The lowest BCUT2D eigenvalue weighted by atomic mass is 10.00. The third kappa shape index (κ3) is 3.66. The molecule has 1 aliphatic heterocycles. The van der Waals surface area contributed by atoms with Gasteiger partial charge in [0.25, 0.3) is 0 Å². The number of aromatic nitrogens is 3. The fraction of sp³-hybridized carbons (Fsp3) is 0.526. The number of rotatable bonds is 5. The summed E-state index contributed by atoms with van der Waals surface area (Å²) in [6.45, 7) is 8.69. The fourth-order valence-corrected chi connectivity index (χ4v) is 3.23. The van der Waals surface area contributed by atoms with Crippen molar-refractivity contribution < 1.29 is 0 Å². The Morgan fingerprint density at radius 2 is 1.79 bits per heavy atom. The van der Waals surface area contributed by atoms with E-state index in [1.165, 1.54) is 29.7 Å². The number of piperidine rings is 1. The smallest absolute Gasteiger partial charge is 0.247 e. The molecule has 0 unspecified atom stereocenters. The van der Waals surface area contributed by atoms with E-state index in [1.54, 1.807) is 6.20 Å². The van der Waals surface area contributed by atoms with Crippen LogP contribution in [0.2, 0.25) is 0 Å². The Morgan fingerprint density at radius 3 is 2.42 bits per heavy atom. The van der Waals surface area contributed by atoms with Crippen molar-refractivity contribution >= 4 is 17.5 Å². The molecule has 0 radical (unpaired) electrons. The number of para-hydroxylation sites is 1. The molecule has 24 heavy (non-hydrogen) atoms. The molecule has 128 valence electrons. The molecule has 0 saturated carbocycles. The first kappa shape index (κ1) is 16.7. The van der Waals surface area contributed by atoms with Gasteiger partial charge >= 0.3 is 0 Å². The maximum Gasteiger partial charge on any atom is 0.247 e. The van der Waals surface area contributed by atoms with Crippen molar-refractivity contribution in [1.29, 1.82) is 0 Å². The van der Waals surface area contributed by atoms with Gasteiger partial charge in [0.2, 0.25) is 5.95 Å². The number of anilines is 3. The zero-order valence-electron chi connectivity index (χ0n) is 14.9. The Labute approximate surface area is 144 Å². The molecule has 1 saturated heterocycles. The summed E-state index contributed by atoms with van der Waals surface area (Å²) in [4.78, 5) is 6.95. The van der Waals surface area contributed by atoms with Crippen molar-refractivity contribution in [2.24, 2.45) is 5.92 Å². The minimum atomic E-state index is 0.735. The molecule has 2 heterocycles. The first-order chi connectivity index (χ1) is 11.7. The van der Waals surface area contributed by atoms with Gasteiger partial charge in [0.15, 0.2) is 5.82 Å². The highest BCUT2D eigenvalue weighted by Gasteiger charge is 2.19. The van der Waals surface area contributed by atoms with E-state index in [-0.39, 0.29) is 0 Å². The largest absolute Gasteiger partial charge is 0.339 e. The molecule has 1 N–H and O–H groups in total. The quantitative estimate of drug-likeness (QED) is 0.901. The molecule has 2 aromatic rings. The second-order valence-corrected chi connectivity index (χ2v) is 6.59. The molecule has 0 atom stereocenters. The van der Waals surface area contributed by atoms with Crippen LogP contribution in [0.25, 0.3) is 0 Å². The third-order valence-electron chi connectivity index (χ3n) is 4.87. The van der Waals surface area contributed by atoms with Crippen molar-refractivity contribution in [3.05, 3.63) is 35.5 Å². The number of nitrogens with zero attached hydrogens (tertiary/aromatic N) is 4. The summed E-state index contributed by atoms with van der Waals surface area (Å²) in [5, 5.41) is 11.9. The lowest BCUT2D eigenvalue weighted by Gasteiger charge is -2.30. The Kier molecular flexibility index (Phi) is 5.28. The van der Waals surface area contributed by atoms with Crippen molar-refractivity contribution in [3.63, 3.8) is 0 Å². The summed E-state index contributed by atoms with van der Waals surface area (Å²) in [5.41, 5.74) is 3.78. The molecule has 0 bridgehead atoms. The van der Waals surface area contributed by atoms with Crippen LogP contribution in [-0.2, 0) is 12.8 Å². The lowest BCUT2D eigenvalue weighted by molar-refractivity contribution is 0.433. The average Bonchev–Trinajstić information content (AvgIpc) is 2.62. The standard InChI is InChI=1S/C19H27N5/c1-4-15-7-6-8-16(5-2)18(15)21-17-13-20-23-19(22-17)24-11-9-14(3)10-12-24/h6-8,13-14H,4-5,9-12H2,1-3H3,(H,21,22,23). The minimum Gasteiger partial charge on any atom is -0.339 e. The molecule has 5 heteroatoms. The number of hydrogen-bond donors (Lipinski definition) is 1. The van der Waals surface area contributed by atoms with Crippen LogP contribution < -0.4 is 10.2 Å². The second-order valence-electron chi connectivity index (χ2n) is 6.59. The molecule has 1 fully saturated rings. The normalized spacial score (nSPS) is 15.5. The third-order valence-corrected chi connectivity index (χ3v) is 4.87. The van der Waals surface area contributed by atoms with Crippen molar-refractivity contribution in [2.75, 3.05) is 23.3 Å². The highest BCUT2D eigenvalue weighted by atomic mass is 15.3. The molecule has 0 amide bonds. The average molecular weight is 325 g/mol. The fourth-order valence-electron chi connectivity index (χ4n) is 3.23. The Hall–Kier alpha value is -2.17. The summed E-state index contributed by atoms with van der Waals surface area (Å²) in [6.07, 6.45) is 6.08. The van der Waals surface area contributed by atoms with Crippen LogP contribution >= 0.6 is 0 Å². The van der Waals surface area contributed by atoms with E-state index in [9.17, 15) is 0 Å². The molecule has 1 aromatic heterocycles. The Morgan fingerprint density at radius 1 is 1.12 bits per heavy atom. The van der Waals surface area contributed by atoms with E-state index >= 15 is 0 Å². The van der Waals surface area contributed by atoms with Gasteiger partial charge in [0, 0.05) is 18.8 Å². The van der Waals surface area contributed by atoms with Gasteiger partial charge in [-0.05, 0) is 42.7 Å². The van der Waals surface area contributed by atoms with E-state index in [0.717, 1.165) is 43.6 Å². The Bertz CT molecular complexity index is 655. The van der Waals surface area contributed by atoms with Gasteiger partial charge in [-0.2, -0.15) is 10.1 Å². The van der Waals surface area contributed by atoms with E-state index in [2.05, 4.69) is 59.4 Å². The first-order valence-electron chi connectivity index (χ1n) is 9.03. The van der Waals surface area contributed by atoms with Crippen LogP contribution in [0.4, 0.5) is 17.5 Å². The number of hydrogen-bond acceptors (Lipinski definition) is 5. The molecule has 0 spiro atoms. The molecule has 1 aromatic carbocycles. The first-order valence-corrected chi connectivity index (χ1v) is 9.03. The number of nitrogens with one attached hydrogen (secondary N) is 1. The molecule has 5 nitrogen and oxygen atoms in total. The lowest BCUT2D eigenvalue weighted by Crippen LogP contribution is -2.34. The van der Waals surface area contributed by atoms with Gasteiger partial charge in [-0.1, -0.05) is 39.0 Å². The van der Waals surface area contributed by atoms with Crippen LogP contribution in [0, 0.1) is 5.92 Å². The van der Waals surface area contributed by atoms with Crippen molar-refractivity contribution in [3.8, 4) is 0 Å². The highest BCUT2D eigenvalue weighted by molar-refractivity contribution is 5.65. The van der Waals surface area contributed by atoms with E-state index in [1.807, 2.05) is 0 Å². The van der Waals surface area contributed by atoms with Crippen LogP contribution in [0.15, 0.2) is 24.4 Å². The van der Waals surface area contributed by atoms with Gasteiger partial charge in [-0.15, -0.1) is 5.10 Å². The van der Waals surface area contributed by atoms with Gasteiger partial charge in [-0.3, -0.25) is 0 Å². The predicted octanol–water partition coefficient (Wildman–Crippen LogP) is 3.98. The maximum absolute atomic E-state index is 4.71. The van der Waals surface area contributed by atoms with Crippen molar-refractivity contribution in [2.45, 2.75) is 46.5 Å². The topological polar surface area (TPSA) is 53.9 Å². The predicted molar refractivity (Wildman–Crippen MR) is 98.9 cm³/mol. The van der Waals surface area contributed by atoms with Gasteiger partial charge < -0.3 is 10.2 Å². The van der Waals surface area contributed by atoms with E-state index in [4.69, 9.17) is 4.98 Å². The van der Waals surface area contributed by atoms with Crippen LogP contribution in [0.1, 0.15) is 44.7 Å². The van der Waals surface area contributed by atoms with Crippen LogP contribution in [0.5, 0.6) is 0 Å². The maximum atomic E-state index is 4.71. The molecular weight excluding hydrogens is 298 g/mol.